The lowest BCUT2D eigenvalue weighted by molar-refractivity contribution is -0.0167. The van der Waals surface area contributed by atoms with Crippen LogP contribution in [-0.4, -0.2) is 21.4 Å². The van der Waals surface area contributed by atoms with Gasteiger partial charge < -0.3 is 10.6 Å². The predicted octanol–water partition coefficient (Wildman–Crippen LogP) is 3.98. The highest BCUT2D eigenvalue weighted by Crippen LogP contribution is 2.55. The molecule has 1 amide bonds. The van der Waals surface area contributed by atoms with Crippen molar-refractivity contribution < 1.29 is 4.79 Å². The second-order valence-corrected chi connectivity index (χ2v) is 8.91. The van der Waals surface area contributed by atoms with Gasteiger partial charge in [-0.2, -0.15) is 0 Å². The largest absolute Gasteiger partial charge is 0.345 e. The maximum Gasteiger partial charge on any atom is 0.271 e. The van der Waals surface area contributed by atoms with E-state index in [0.29, 0.717) is 5.69 Å². The molecule has 0 aliphatic heterocycles. The van der Waals surface area contributed by atoms with Crippen LogP contribution in [0.1, 0.15) is 49.0 Å². The van der Waals surface area contributed by atoms with Gasteiger partial charge in [-0.25, -0.2) is 4.98 Å². The van der Waals surface area contributed by atoms with Gasteiger partial charge in [0.05, 0.1) is 11.9 Å². The van der Waals surface area contributed by atoms with E-state index in [4.69, 9.17) is 0 Å². The van der Waals surface area contributed by atoms with E-state index in [1.165, 1.54) is 30.6 Å². The first-order valence-corrected chi connectivity index (χ1v) is 10.0. The van der Waals surface area contributed by atoms with Gasteiger partial charge in [-0.1, -0.05) is 0 Å². The molecule has 4 aliphatic rings. The summed E-state index contributed by atoms with van der Waals surface area (Å²) in [5.74, 6) is 2.46. The number of aromatic nitrogens is 2. The van der Waals surface area contributed by atoms with Gasteiger partial charge in [0.2, 0.25) is 0 Å². The van der Waals surface area contributed by atoms with E-state index in [0.717, 1.165) is 47.8 Å². The summed E-state index contributed by atoms with van der Waals surface area (Å²) in [5.41, 5.74) is 1.43. The topological polar surface area (TPSA) is 66.9 Å². The van der Waals surface area contributed by atoms with Crippen molar-refractivity contribution in [1.29, 1.82) is 0 Å². The van der Waals surface area contributed by atoms with Crippen LogP contribution in [0.4, 0.5) is 10.8 Å². The van der Waals surface area contributed by atoms with Gasteiger partial charge >= 0.3 is 0 Å². The minimum atomic E-state index is -0.0163. The van der Waals surface area contributed by atoms with Gasteiger partial charge in [0.15, 0.2) is 5.13 Å². The lowest BCUT2D eigenvalue weighted by Gasteiger charge is -2.56. The molecule has 0 unspecified atom stereocenters. The van der Waals surface area contributed by atoms with Crippen molar-refractivity contribution in [3.63, 3.8) is 0 Å². The fraction of sp³-hybridized carbons (Fsp3) is 0.526. The molecule has 4 bridgehead atoms. The molecule has 2 heterocycles. The molecule has 2 aromatic heterocycles. The summed E-state index contributed by atoms with van der Waals surface area (Å²) in [4.78, 5) is 21.3. The summed E-state index contributed by atoms with van der Waals surface area (Å²) in [6.45, 7) is 0. The van der Waals surface area contributed by atoms with Crippen molar-refractivity contribution >= 4 is 28.1 Å². The number of hydrogen-bond acceptors (Lipinski definition) is 5. The summed E-state index contributed by atoms with van der Waals surface area (Å²) in [7, 11) is 0. The minimum Gasteiger partial charge on any atom is -0.345 e. The first-order valence-electron chi connectivity index (χ1n) is 9.13. The Kier molecular flexibility index (Phi) is 3.55. The maximum absolute atomic E-state index is 12.8. The van der Waals surface area contributed by atoms with E-state index in [9.17, 15) is 4.79 Å². The quantitative estimate of drug-likeness (QED) is 0.871. The summed E-state index contributed by atoms with van der Waals surface area (Å²) < 4.78 is 0. The molecule has 0 saturated heterocycles. The van der Waals surface area contributed by atoms with Gasteiger partial charge in [0.25, 0.3) is 5.91 Å². The molecule has 0 spiro atoms. The molecule has 4 saturated carbocycles. The fourth-order valence-corrected chi connectivity index (χ4v) is 6.28. The van der Waals surface area contributed by atoms with Gasteiger partial charge in [-0.3, -0.25) is 9.78 Å². The molecular weight excluding hydrogens is 332 g/mol. The standard InChI is InChI=1S/C19H22N4OS/c24-17(16-11-25-18(22-16)21-15-2-1-3-20-10-15)23-19-7-12-4-13(8-19)6-14(5-12)9-19/h1-3,10-14H,4-9H2,(H,21,22)(H,23,24). The monoisotopic (exact) mass is 354 g/mol. The molecule has 4 aliphatic carbocycles. The van der Waals surface area contributed by atoms with Crippen LogP contribution in [0.15, 0.2) is 29.9 Å². The average Bonchev–Trinajstić information content (AvgIpc) is 3.03. The zero-order valence-corrected chi connectivity index (χ0v) is 14.9. The highest BCUT2D eigenvalue weighted by molar-refractivity contribution is 7.14. The minimum absolute atomic E-state index is 0.0163. The fourth-order valence-electron chi connectivity index (χ4n) is 5.56. The second-order valence-electron chi connectivity index (χ2n) is 8.06. The number of pyridine rings is 1. The Labute approximate surface area is 151 Å². The van der Waals surface area contributed by atoms with Crippen molar-refractivity contribution in [2.45, 2.75) is 44.1 Å². The third-order valence-electron chi connectivity index (χ3n) is 6.07. The van der Waals surface area contributed by atoms with E-state index in [1.54, 1.807) is 12.4 Å². The van der Waals surface area contributed by atoms with Crippen LogP contribution in [0.2, 0.25) is 0 Å². The first kappa shape index (κ1) is 15.3. The summed E-state index contributed by atoms with van der Waals surface area (Å²) in [5, 5.41) is 9.15. The number of nitrogens with zero attached hydrogens (tertiary/aromatic N) is 2. The number of rotatable bonds is 4. The SMILES string of the molecule is O=C(NC12CC3CC(CC(C3)C1)C2)c1csc(Nc2cccnc2)n1. The van der Waals surface area contributed by atoms with Crippen molar-refractivity contribution in [3.05, 3.63) is 35.6 Å². The van der Waals surface area contributed by atoms with Crippen LogP contribution >= 0.6 is 11.3 Å². The molecule has 0 aromatic carbocycles. The molecule has 0 atom stereocenters. The van der Waals surface area contributed by atoms with Crippen molar-refractivity contribution in [2.24, 2.45) is 17.8 Å². The molecule has 130 valence electrons. The van der Waals surface area contributed by atoms with Crippen LogP contribution in [0.25, 0.3) is 0 Å². The average molecular weight is 354 g/mol. The zero-order chi connectivity index (χ0) is 16.9. The normalized spacial score (nSPS) is 32.6. The van der Waals surface area contributed by atoms with Crippen LogP contribution in [0, 0.1) is 17.8 Å². The van der Waals surface area contributed by atoms with Crippen LogP contribution in [-0.2, 0) is 0 Å². The van der Waals surface area contributed by atoms with Gasteiger partial charge in [-0.15, -0.1) is 11.3 Å². The Morgan fingerprint density at radius 3 is 2.52 bits per heavy atom. The number of carbonyl (C=O) groups is 1. The van der Waals surface area contributed by atoms with Gasteiger partial charge in [0.1, 0.15) is 5.69 Å². The highest BCUT2D eigenvalue weighted by atomic mass is 32.1. The van der Waals surface area contributed by atoms with E-state index >= 15 is 0 Å². The second kappa shape index (κ2) is 5.80. The molecule has 0 radical (unpaired) electrons. The lowest BCUT2D eigenvalue weighted by Crippen LogP contribution is -2.59. The van der Waals surface area contributed by atoms with E-state index in [2.05, 4.69) is 20.6 Å². The van der Waals surface area contributed by atoms with Crippen LogP contribution < -0.4 is 10.6 Å². The Bertz CT molecular complexity index is 752. The number of hydrogen-bond donors (Lipinski definition) is 2. The number of anilines is 2. The Balaban J connectivity index is 1.29. The summed E-state index contributed by atoms with van der Waals surface area (Å²) in [6.07, 6.45) is 11.1. The van der Waals surface area contributed by atoms with Crippen molar-refractivity contribution in [1.82, 2.24) is 15.3 Å². The third kappa shape index (κ3) is 2.92. The Hall–Kier alpha value is -1.95. The zero-order valence-electron chi connectivity index (χ0n) is 14.1. The molecule has 6 rings (SSSR count). The molecule has 4 fully saturated rings. The van der Waals surface area contributed by atoms with E-state index < -0.39 is 0 Å². The number of thiazole rings is 1. The number of carbonyl (C=O) groups excluding carboxylic acids is 1. The molecule has 6 heteroatoms. The molecular formula is C19H22N4OS. The van der Waals surface area contributed by atoms with Crippen molar-refractivity contribution in [2.75, 3.05) is 5.32 Å². The molecule has 2 N–H and O–H groups in total. The smallest absolute Gasteiger partial charge is 0.271 e. The first-order chi connectivity index (χ1) is 12.2. The molecule has 2 aromatic rings. The number of amides is 1. The highest BCUT2D eigenvalue weighted by Gasteiger charge is 2.51. The Morgan fingerprint density at radius 1 is 1.16 bits per heavy atom. The van der Waals surface area contributed by atoms with Gasteiger partial charge in [-0.05, 0) is 68.4 Å². The maximum atomic E-state index is 12.8. The molecule has 25 heavy (non-hydrogen) atoms. The van der Waals surface area contributed by atoms with E-state index in [-0.39, 0.29) is 11.4 Å². The Morgan fingerprint density at radius 2 is 1.88 bits per heavy atom. The van der Waals surface area contributed by atoms with Crippen LogP contribution in [0.3, 0.4) is 0 Å². The molecule has 5 nitrogen and oxygen atoms in total. The predicted molar refractivity (Wildman–Crippen MR) is 98.0 cm³/mol. The lowest BCUT2D eigenvalue weighted by atomic mass is 9.53. The van der Waals surface area contributed by atoms with Crippen LogP contribution in [0.5, 0.6) is 0 Å². The van der Waals surface area contributed by atoms with Gasteiger partial charge in [0, 0.05) is 17.1 Å². The number of nitrogens with one attached hydrogen (secondary N) is 2. The van der Waals surface area contributed by atoms with E-state index in [1.807, 2.05) is 17.5 Å². The summed E-state index contributed by atoms with van der Waals surface area (Å²) in [6, 6.07) is 3.81. The third-order valence-corrected chi connectivity index (χ3v) is 6.82. The summed E-state index contributed by atoms with van der Waals surface area (Å²) >= 11 is 1.45. The van der Waals surface area contributed by atoms with Crippen molar-refractivity contribution in [3.8, 4) is 0 Å².